The maximum absolute atomic E-state index is 13.2. The number of fused-ring (bicyclic) bond motifs is 3. The molecule has 2 aromatic carbocycles. The van der Waals surface area contributed by atoms with Gasteiger partial charge in [0.2, 0.25) is 0 Å². The number of aromatic nitrogens is 5. The van der Waals surface area contributed by atoms with E-state index in [0.717, 1.165) is 36.0 Å². The van der Waals surface area contributed by atoms with Crippen molar-refractivity contribution < 1.29 is 69.8 Å². The van der Waals surface area contributed by atoms with Gasteiger partial charge in [-0.15, -0.1) is 0 Å². The quantitative estimate of drug-likeness (QED) is 0.0765. The van der Waals surface area contributed by atoms with Gasteiger partial charge in [-0.1, -0.05) is 23.7 Å². The Balaban J connectivity index is 0.949. The number of aliphatic hydroxyl groups is 3. The molecule has 0 spiro atoms. The number of rotatable bonds is 17. The van der Waals surface area contributed by atoms with Crippen LogP contribution >= 0.6 is 20.5 Å². The fourth-order valence-corrected chi connectivity index (χ4v) is 14.4. The Morgan fingerprint density at radius 2 is 1.96 bits per heavy atom. The summed E-state index contributed by atoms with van der Waals surface area (Å²) in [7, 11) is 4.50. The van der Waals surface area contributed by atoms with Crippen LogP contribution < -0.4 is 29.3 Å². The summed E-state index contributed by atoms with van der Waals surface area (Å²) < 4.78 is 40.9. The van der Waals surface area contributed by atoms with E-state index in [-0.39, 0.29) is 54.4 Å². The van der Waals surface area contributed by atoms with E-state index in [2.05, 4.69) is 14.9 Å². The van der Waals surface area contributed by atoms with Crippen LogP contribution in [0.25, 0.3) is 11.0 Å². The Kier molecular flexibility index (Phi) is 13.3. The number of carbonyl (C=O) groups is 2. The second-order valence-electron chi connectivity index (χ2n) is 14.0. The van der Waals surface area contributed by atoms with Crippen LogP contribution in [0.15, 0.2) is 42.6 Å². The van der Waals surface area contributed by atoms with E-state index >= 15 is 0 Å². The van der Waals surface area contributed by atoms with Gasteiger partial charge in [0.05, 0.1) is 35.3 Å². The number of Topliss-reactive ketones (excluding diaryl/α,β-unsaturated/α-hetero) is 1. The number of alkyl halides is 1. The predicted molar refractivity (Wildman–Crippen MR) is 201 cm³/mol. The van der Waals surface area contributed by atoms with E-state index < -0.39 is 48.5 Å². The Bertz CT molecular complexity index is 2060. The molecule has 2 bridgehead atoms. The molecule has 4 heterocycles. The van der Waals surface area contributed by atoms with Crippen LogP contribution in [-0.2, 0) is 45.1 Å². The Labute approximate surface area is 343 Å². The molecule has 3 aliphatic rings. The van der Waals surface area contributed by atoms with Crippen LogP contribution in [0.4, 0.5) is 0 Å². The van der Waals surface area contributed by atoms with Gasteiger partial charge >= 0.3 is 140 Å². The third-order valence-corrected chi connectivity index (χ3v) is 17.2. The van der Waals surface area contributed by atoms with E-state index in [1.54, 1.807) is 4.68 Å². The average Bonchev–Trinajstić information content (AvgIpc) is 3.89. The van der Waals surface area contributed by atoms with Crippen molar-refractivity contribution in [2.75, 3.05) is 20.8 Å². The van der Waals surface area contributed by atoms with Gasteiger partial charge < -0.3 is 43.6 Å². The first-order valence-corrected chi connectivity index (χ1v) is 23.5. The number of aryl methyl sites for hydroxylation is 3. The monoisotopic (exact) mass is 928 g/mol. The number of halogens is 2. The fraction of sp³-hybridized carbons (Fsp3) is 0.553. The zero-order chi connectivity index (χ0) is 40.3. The van der Waals surface area contributed by atoms with Crippen molar-refractivity contribution in [3.05, 3.63) is 64.7 Å². The molecule has 56 heavy (non-hydrogen) atoms. The topological polar surface area (TPSA) is 190 Å². The minimum absolute atomic E-state index is 0.00580. The van der Waals surface area contributed by atoms with Gasteiger partial charge in [0.25, 0.3) is 0 Å². The summed E-state index contributed by atoms with van der Waals surface area (Å²) in [6, 6.07) is 10.5. The molecule has 8 atom stereocenters. The normalized spacial score (nSPS) is 27.8. The molecule has 7 rings (SSSR count). The van der Waals surface area contributed by atoms with Crippen LogP contribution in [-0.4, -0.2) is 112 Å². The molecule has 0 radical (unpaired) electrons. The van der Waals surface area contributed by atoms with Crippen molar-refractivity contribution >= 4 is 43.3 Å². The average molecular weight is 929 g/mol. The molecule has 0 amide bonds. The van der Waals surface area contributed by atoms with Crippen LogP contribution in [0, 0.1) is 5.92 Å². The zero-order valence-corrected chi connectivity index (χ0v) is 34.7. The fourth-order valence-electron chi connectivity index (χ4n) is 7.35. The van der Waals surface area contributed by atoms with Crippen molar-refractivity contribution in [2.45, 2.75) is 104 Å². The molecule has 1 aliphatic carbocycles. The molecule has 15 nitrogen and oxygen atoms in total. The summed E-state index contributed by atoms with van der Waals surface area (Å²) in [5, 5.41) is 38.7. The second kappa shape index (κ2) is 18.7. The zero-order valence-electron chi connectivity index (χ0n) is 32.0. The van der Waals surface area contributed by atoms with Crippen LogP contribution in [0.5, 0.6) is 11.5 Å². The molecule has 2 aromatic heterocycles. The Hall–Kier alpha value is -3.04. The molecule has 2 aliphatic heterocycles. The van der Waals surface area contributed by atoms with Crippen LogP contribution in [0.2, 0.25) is 5.02 Å². The number of para-hydroxylation sites is 2. The van der Waals surface area contributed by atoms with Gasteiger partial charge in [0.15, 0.2) is 23.9 Å². The van der Waals surface area contributed by atoms with E-state index in [9.17, 15) is 24.9 Å². The molecule has 4 aromatic rings. The van der Waals surface area contributed by atoms with E-state index in [4.69, 9.17) is 41.6 Å². The van der Waals surface area contributed by atoms with E-state index in [1.165, 1.54) is 26.4 Å². The van der Waals surface area contributed by atoms with Gasteiger partial charge in [0, 0.05) is 13.7 Å². The van der Waals surface area contributed by atoms with Gasteiger partial charge in [-0.05, 0) is 24.3 Å². The number of ether oxygens (including phenoxy) is 5. The summed E-state index contributed by atoms with van der Waals surface area (Å²) >= 11 is 6.63. The molecule has 3 fully saturated rings. The number of hydrogen-bond donors (Lipinski definition) is 3. The molecule has 3 N–H and O–H groups in total. The first-order valence-electron chi connectivity index (χ1n) is 19.0. The van der Waals surface area contributed by atoms with Crippen LogP contribution in [0.3, 0.4) is 0 Å². The van der Waals surface area contributed by atoms with Gasteiger partial charge in [-0.25, -0.2) is 9.78 Å². The number of ketones is 1. The SMILES string of the molecule is [3H]C12CC(CC(C(=O)CCCn3cc(CCCn4c(COc5c(Cl)cc(C(=O)O[C@H]6[C@@H](OC)O[C@H](CO)[C@@H](O)[C@@H]6O)cc5OC)nc5ccccc54)nn3)C1)[I-]S2. The first kappa shape index (κ1) is 39.8. The molecule has 2 saturated heterocycles. The molecular weight excluding hydrogens is 881 g/mol. The van der Waals surface area contributed by atoms with Gasteiger partial charge in [-0.3, -0.25) is 0 Å². The molecular formula is C38H46ClIN5O10S-. The number of carbonyl (C=O) groups excluding carboxylic acids is 2. The third kappa shape index (κ3) is 9.30. The second-order valence-corrected chi connectivity index (χ2v) is 20.0. The van der Waals surface area contributed by atoms with Crippen LogP contribution in [0.1, 0.15) is 61.8 Å². The summed E-state index contributed by atoms with van der Waals surface area (Å²) in [4.78, 5) is 31.0. The van der Waals surface area contributed by atoms with Crippen molar-refractivity contribution in [2.24, 2.45) is 5.92 Å². The summed E-state index contributed by atoms with van der Waals surface area (Å²) in [5.41, 5.74) is 2.57. The molecule has 18 heteroatoms. The third-order valence-electron chi connectivity index (χ3n) is 10.3. The summed E-state index contributed by atoms with van der Waals surface area (Å²) in [5.74, 6) is 0.406. The standard InChI is InChI=1S/C38H46ClIN5O10S/c1-51-30-16-22(37(50)55-36-34(49)33(48)31(19-46)54-38(36)52-2)15-26(39)35(30)53-20-32-41-27-8-3-4-9-28(27)45(32)12-5-7-24-18-44(43-42-24)11-6-10-29(47)21-13-23-17-25(14-21)56-40-23/h3-4,8-9,15-16,18,21,23,25,31,33-34,36,38,46,48-49H,5-7,10-14,17,19-20H2,1-2H3/q-1/t21?,23?,25?,31-,33-,34+,36-,38+/m1/s1/i25T. The van der Waals surface area contributed by atoms with Crippen molar-refractivity contribution in [3.63, 3.8) is 0 Å². The number of methoxy groups -OCH3 is 2. The van der Waals surface area contributed by atoms with Gasteiger partial charge in [-0.2, -0.15) is 0 Å². The minimum atomic E-state index is -1.59. The first-order chi connectivity index (χ1) is 27.5. The molecule has 1 saturated carbocycles. The van der Waals surface area contributed by atoms with Crippen molar-refractivity contribution in [3.8, 4) is 11.5 Å². The van der Waals surface area contributed by atoms with Crippen molar-refractivity contribution in [1.29, 1.82) is 0 Å². The molecule has 304 valence electrons. The maximum atomic E-state index is 13.2. The summed E-state index contributed by atoms with van der Waals surface area (Å²) in [6.45, 7) is 0.686. The Morgan fingerprint density at radius 1 is 1.12 bits per heavy atom. The van der Waals surface area contributed by atoms with E-state index in [0.29, 0.717) is 54.3 Å². The molecule has 3 unspecified atom stereocenters. The number of esters is 1. The number of hydrogen-bond acceptors (Lipinski definition) is 14. The Morgan fingerprint density at radius 3 is 2.75 bits per heavy atom. The van der Waals surface area contributed by atoms with Gasteiger partial charge in [0.1, 0.15) is 30.7 Å². The summed E-state index contributed by atoms with van der Waals surface area (Å²) in [6.07, 6.45) is 0.327. The number of imidazole rings is 1. The number of benzene rings is 2. The number of nitrogens with zero attached hydrogens (tertiary/aromatic N) is 5. The van der Waals surface area contributed by atoms with E-state index in [1.807, 2.05) is 39.4 Å². The van der Waals surface area contributed by atoms with Crippen molar-refractivity contribution in [1.82, 2.24) is 24.5 Å². The number of aliphatic hydroxyl groups excluding tert-OH is 3. The predicted octanol–water partition coefficient (Wildman–Crippen LogP) is 0.750.